The molecular weight excluding hydrogens is 592 g/mol. The third kappa shape index (κ3) is 6.40. The molecule has 0 aromatic rings. The van der Waals surface area contributed by atoms with Crippen LogP contribution in [-0.4, -0.2) is 48.5 Å². The fraction of sp³-hybridized carbons (Fsp3) is 0.846. The van der Waals surface area contributed by atoms with Gasteiger partial charge in [0, 0.05) is 36.8 Å². The summed E-state index contributed by atoms with van der Waals surface area (Å²) in [4.78, 5) is 52.2. The van der Waals surface area contributed by atoms with Crippen molar-refractivity contribution >= 4 is 23.8 Å². The molecule has 264 valence electrons. The zero-order valence-electron chi connectivity index (χ0n) is 30.9. The average Bonchev–Trinajstić information content (AvgIpc) is 2.93. The summed E-state index contributed by atoms with van der Waals surface area (Å²) in [6.07, 6.45) is 10.7. The van der Waals surface area contributed by atoms with E-state index in [2.05, 4.69) is 58.3 Å². The van der Waals surface area contributed by atoms with Gasteiger partial charge in [-0.15, -0.1) is 0 Å². The molecule has 0 bridgehead atoms. The summed E-state index contributed by atoms with van der Waals surface area (Å²) in [5.41, 5.74) is -0.0974. The normalized spacial score (nSPS) is 40.8. The first-order chi connectivity index (χ1) is 21.7. The number of rotatable bonds is 6. The van der Waals surface area contributed by atoms with Crippen molar-refractivity contribution in [3.8, 4) is 0 Å². The number of alkyl carbamates (subject to hydrolysis) is 1. The number of ether oxygens (including phenoxy) is 2. The minimum atomic E-state index is -0.544. The number of nitrogens with one attached hydrogen (secondary N) is 2. The van der Waals surface area contributed by atoms with Crippen molar-refractivity contribution in [2.75, 3.05) is 13.1 Å². The molecule has 47 heavy (non-hydrogen) atoms. The van der Waals surface area contributed by atoms with Crippen LogP contribution in [0.1, 0.15) is 133 Å². The molecule has 5 aliphatic carbocycles. The van der Waals surface area contributed by atoms with E-state index in [1.807, 2.05) is 20.8 Å². The first-order valence-electron chi connectivity index (χ1n) is 18.3. The summed E-state index contributed by atoms with van der Waals surface area (Å²) in [6.45, 7) is 21.7. The zero-order chi connectivity index (χ0) is 34.8. The second-order valence-corrected chi connectivity index (χ2v) is 18.6. The fourth-order valence-corrected chi connectivity index (χ4v) is 11.5. The van der Waals surface area contributed by atoms with Gasteiger partial charge < -0.3 is 20.1 Å². The van der Waals surface area contributed by atoms with Crippen molar-refractivity contribution in [2.45, 2.75) is 145 Å². The number of carbonyl (C=O) groups is 4. The summed E-state index contributed by atoms with van der Waals surface area (Å²) in [6, 6.07) is 0. The number of hydrogen-bond donors (Lipinski definition) is 2. The van der Waals surface area contributed by atoms with E-state index >= 15 is 0 Å². The summed E-state index contributed by atoms with van der Waals surface area (Å²) in [5.74, 6) is 0.957. The highest BCUT2D eigenvalue weighted by Crippen LogP contribution is 2.71. The molecule has 2 N–H and O–H groups in total. The van der Waals surface area contributed by atoms with Crippen molar-refractivity contribution in [2.24, 2.45) is 50.7 Å². The van der Waals surface area contributed by atoms with E-state index < -0.39 is 17.1 Å². The van der Waals surface area contributed by atoms with Crippen molar-refractivity contribution in [3.05, 3.63) is 11.6 Å². The van der Waals surface area contributed by atoms with Gasteiger partial charge in [-0.25, -0.2) is 4.79 Å². The van der Waals surface area contributed by atoms with Crippen LogP contribution in [0.15, 0.2) is 11.6 Å². The van der Waals surface area contributed by atoms with Gasteiger partial charge in [-0.05, 0) is 125 Å². The molecule has 8 heteroatoms. The van der Waals surface area contributed by atoms with Crippen molar-refractivity contribution in [1.82, 2.24) is 10.6 Å². The van der Waals surface area contributed by atoms with Crippen molar-refractivity contribution < 1.29 is 28.7 Å². The van der Waals surface area contributed by atoms with Gasteiger partial charge >= 0.3 is 12.1 Å². The van der Waals surface area contributed by atoms with Gasteiger partial charge in [0.25, 0.3) is 0 Å². The smallest absolute Gasteiger partial charge is 0.407 e. The van der Waals surface area contributed by atoms with Crippen molar-refractivity contribution in [1.29, 1.82) is 0 Å². The summed E-state index contributed by atoms with van der Waals surface area (Å²) in [5, 5.41) is 5.93. The van der Waals surface area contributed by atoms with Gasteiger partial charge in [0.1, 0.15) is 11.7 Å². The lowest BCUT2D eigenvalue weighted by Gasteiger charge is -2.67. The Balaban J connectivity index is 1.31. The molecule has 5 aliphatic rings. The number of allylic oxidation sites excluding steroid dienone is 2. The maximum atomic E-state index is 14.5. The molecule has 4 saturated carbocycles. The monoisotopic (exact) mass is 654 g/mol. The van der Waals surface area contributed by atoms with E-state index in [0.717, 1.165) is 57.8 Å². The molecule has 1 unspecified atom stereocenters. The summed E-state index contributed by atoms with van der Waals surface area (Å²) >= 11 is 0. The lowest BCUT2D eigenvalue weighted by atomic mass is 9.37. The quantitative estimate of drug-likeness (QED) is 0.226. The Bertz CT molecular complexity index is 1310. The second kappa shape index (κ2) is 12.2. The molecule has 0 aliphatic heterocycles. The van der Waals surface area contributed by atoms with Crippen LogP contribution < -0.4 is 10.6 Å². The van der Waals surface area contributed by atoms with Crippen LogP contribution in [0, 0.1) is 50.7 Å². The highest BCUT2D eigenvalue weighted by atomic mass is 16.6. The Morgan fingerprint density at radius 1 is 0.851 bits per heavy atom. The Labute approximate surface area is 283 Å². The maximum Gasteiger partial charge on any atom is 0.407 e. The number of amides is 2. The van der Waals surface area contributed by atoms with Gasteiger partial charge in [0.15, 0.2) is 5.78 Å². The number of carbonyl (C=O) groups excluding carboxylic acids is 4. The molecule has 9 atom stereocenters. The molecule has 0 spiro atoms. The first kappa shape index (κ1) is 35.9. The maximum absolute atomic E-state index is 14.5. The average molecular weight is 655 g/mol. The molecule has 0 aromatic heterocycles. The molecule has 5 rings (SSSR count). The molecule has 0 heterocycles. The number of hydrogen-bond acceptors (Lipinski definition) is 6. The van der Waals surface area contributed by atoms with E-state index in [1.54, 1.807) is 0 Å². The van der Waals surface area contributed by atoms with E-state index in [1.165, 1.54) is 12.5 Å². The Kier molecular flexibility index (Phi) is 9.32. The Hall–Kier alpha value is -2.38. The number of esters is 1. The van der Waals surface area contributed by atoms with E-state index in [4.69, 9.17) is 9.47 Å². The van der Waals surface area contributed by atoms with Crippen LogP contribution in [0.3, 0.4) is 0 Å². The van der Waals surface area contributed by atoms with Gasteiger partial charge in [0.05, 0.1) is 0 Å². The Morgan fingerprint density at radius 2 is 1.51 bits per heavy atom. The van der Waals surface area contributed by atoms with E-state index in [-0.39, 0.29) is 57.3 Å². The SMILES string of the molecule is CC(=O)O[C@H]1CC[C@]2(C)[C@H]3C(=O)C=C4C(CC[C@@]5(C)CC[C@](C)(C(=O)NCCCNC(=O)OC(C)(C)C)C[C@@H]45)[C@]3(C)CC[C@H]2C1(C)C. The van der Waals surface area contributed by atoms with E-state index in [9.17, 15) is 19.2 Å². The zero-order valence-corrected chi connectivity index (χ0v) is 30.9. The molecule has 0 radical (unpaired) electrons. The van der Waals surface area contributed by atoms with Gasteiger partial charge in [-0.1, -0.05) is 47.1 Å². The third-order valence-electron chi connectivity index (χ3n) is 13.9. The molecule has 0 aromatic carbocycles. The van der Waals surface area contributed by atoms with Crippen LogP contribution in [0.25, 0.3) is 0 Å². The topological polar surface area (TPSA) is 111 Å². The first-order valence-corrected chi connectivity index (χ1v) is 18.3. The van der Waals surface area contributed by atoms with Gasteiger partial charge in [-0.3, -0.25) is 14.4 Å². The molecule has 2 amide bonds. The fourth-order valence-electron chi connectivity index (χ4n) is 11.5. The minimum Gasteiger partial charge on any atom is -0.462 e. The van der Waals surface area contributed by atoms with E-state index in [0.29, 0.717) is 31.3 Å². The largest absolute Gasteiger partial charge is 0.462 e. The molecule has 0 saturated heterocycles. The summed E-state index contributed by atoms with van der Waals surface area (Å²) < 4.78 is 11.2. The van der Waals surface area contributed by atoms with Crippen LogP contribution in [-0.2, 0) is 23.9 Å². The number of fused-ring (bicyclic) bond motifs is 7. The third-order valence-corrected chi connectivity index (χ3v) is 13.9. The molecular formula is C39H62N2O6. The summed E-state index contributed by atoms with van der Waals surface area (Å²) in [7, 11) is 0. The lowest BCUT2D eigenvalue weighted by molar-refractivity contribution is -0.200. The highest BCUT2D eigenvalue weighted by Gasteiger charge is 2.67. The lowest BCUT2D eigenvalue weighted by Crippen LogP contribution is -2.64. The van der Waals surface area contributed by atoms with Crippen LogP contribution in [0.4, 0.5) is 4.79 Å². The predicted molar refractivity (Wildman–Crippen MR) is 182 cm³/mol. The van der Waals surface area contributed by atoms with Gasteiger partial charge in [-0.2, -0.15) is 0 Å². The van der Waals surface area contributed by atoms with Crippen LogP contribution in [0.5, 0.6) is 0 Å². The van der Waals surface area contributed by atoms with Crippen LogP contribution in [0.2, 0.25) is 0 Å². The highest BCUT2D eigenvalue weighted by molar-refractivity contribution is 5.95. The van der Waals surface area contributed by atoms with Crippen molar-refractivity contribution in [3.63, 3.8) is 0 Å². The standard InChI is InChI=1S/C39H62N2O6/c1-24(42)46-30-14-17-39(10)29(35(30,5)6)13-16-38(9)26-12-15-36(7)18-19-37(8,23-27(36)25(26)22-28(43)31(38)39)32(44)40-20-11-21-41-33(45)47-34(2,3)4/h22,26-27,29-31H,11-21,23H2,1-10H3,(H,40,44)(H,41,45)/t26?,27-,29-,30-,31-,36-,37-,38-,39-/m0/s1. The van der Waals surface area contributed by atoms with Crippen LogP contribution >= 0.6 is 0 Å². The second-order valence-electron chi connectivity index (χ2n) is 18.6. The predicted octanol–water partition coefficient (Wildman–Crippen LogP) is 7.54. The molecule has 8 nitrogen and oxygen atoms in total. The Morgan fingerprint density at radius 3 is 2.17 bits per heavy atom. The molecule has 4 fully saturated rings. The van der Waals surface area contributed by atoms with Gasteiger partial charge in [0.2, 0.25) is 5.91 Å². The number of ketones is 1. The minimum absolute atomic E-state index is 0.0445.